The van der Waals surface area contributed by atoms with Crippen LogP contribution in [-0.4, -0.2) is 71.7 Å². The van der Waals surface area contributed by atoms with E-state index in [9.17, 15) is 10.1 Å². The third-order valence-electron chi connectivity index (χ3n) is 7.04. The van der Waals surface area contributed by atoms with E-state index in [0.717, 1.165) is 85.0 Å². The minimum atomic E-state index is 0.0844. The second-order valence-corrected chi connectivity index (χ2v) is 9.49. The quantitative estimate of drug-likeness (QED) is 0.385. The summed E-state index contributed by atoms with van der Waals surface area (Å²) < 4.78 is 0. The molecule has 7 heteroatoms. The zero-order valence-electron chi connectivity index (χ0n) is 20.9. The molecule has 0 saturated carbocycles. The van der Waals surface area contributed by atoms with Crippen molar-refractivity contribution in [1.82, 2.24) is 14.8 Å². The number of rotatable bonds is 8. The highest BCUT2D eigenvalue weighted by Gasteiger charge is 2.22. The molecule has 0 radical (unpaired) electrons. The van der Waals surface area contributed by atoms with Crippen molar-refractivity contribution < 1.29 is 9.90 Å². The molecular weight excluding hydrogens is 462 g/mol. The van der Waals surface area contributed by atoms with E-state index in [1.165, 1.54) is 5.56 Å². The maximum Gasteiger partial charge on any atom is 0.253 e. The van der Waals surface area contributed by atoms with Crippen molar-refractivity contribution in [2.24, 2.45) is 0 Å². The minimum absolute atomic E-state index is 0.0844. The number of pyridine rings is 1. The van der Waals surface area contributed by atoms with Crippen LogP contribution in [0, 0.1) is 11.3 Å². The van der Waals surface area contributed by atoms with Gasteiger partial charge in [-0.3, -0.25) is 14.7 Å². The van der Waals surface area contributed by atoms with E-state index in [4.69, 9.17) is 5.11 Å². The van der Waals surface area contributed by atoms with E-state index in [0.29, 0.717) is 5.56 Å². The van der Waals surface area contributed by atoms with Gasteiger partial charge in [0.05, 0.1) is 17.1 Å². The maximum atomic E-state index is 13.1. The van der Waals surface area contributed by atoms with Gasteiger partial charge in [-0.25, -0.2) is 0 Å². The Morgan fingerprint density at radius 2 is 1.81 bits per heavy atom. The van der Waals surface area contributed by atoms with Crippen molar-refractivity contribution in [3.63, 3.8) is 0 Å². The fourth-order valence-electron chi connectivity index (χ4n) is 4.95. The van der Waals surface area contributed by atoms with Crippen LogP contribution in [0.5, 0.6) is 0 Å². The van der Waals surface area contributed by atoms with Crippen LogP contribution in [0.25, 0.3) is 21.7 Å². The zero-order chi connectivity index (χ0) is 25.6. The standard InChI is InChI=1S/C30H31N5O2/c31-21-23-3-7-28-27(19-23)29(9-11-33-28)32-10-8-22-2-4-25-20-26(6-5-24(25)18-22)30(37)35-15-13-34(14-16-35)12-1-17-36/h2-7,9,11,18-20,36H,1,8,10,12-17H2,(H,32,33). The number of amides is 1. The van der Waals surface area contributed by atoms with Gasteiger partial charge in [0.15, 0.2) is 0 Å². The number of aliphatic hydroxyl groups is 1. The van der Waals surface area contributed by atoms with Crippen LogP contribution in [0.15, 0.2) is 66.9 Å². The molecule has 2 heterocycles. The predicted octanol–water partition coefficient (Wildman–Crippen LogP) is 4.05. The zero-order valence-corrected chi connectivity index (χ0v) is 20.9. The second kappa shape index (κ2) is 11.4. The van der Waals surface area contributed by atoms with Crippen molar-refractivity contribution in [2.75, 3.05) is 51.2 Å². The van der Waals surface area contributed by atoms with E-state index in [1.54, 1.807) is 12.3 Å². The first kappa shape index (κ1) is 24.7. The van der Waals surface area contributed by atoms with Gasteiger partial charge in [0, 0.05) is 68.7 Å². The Morgan fingerprint density at radius 3 is 2.62 bits per heavy atom. The van der Waals surface area contributed by atoms with Crippen LogP contribution in [-0.2, 0) is 6.42 Å². The molecule has 1 saturated heterocycles. The van der Waals surface area contributed by atoms with E-state index in [-0.39, 0.29) is 12.5 Å². The van der Waals surface area contributed by atoms with Gasteiger partial charge in [-0.2, -0.15) is 5.26 Å². The monoisotopic (exact) mass is 493 g/mol. The molecule has 0 aliphatic carbocycles. The predicted molar refractivity (Wildman–Crippen MR) is 147 cm³/mol. The van der Waals surface area contributed by atoms with Gasteiger partial charge in [-0.05, 0) is 65.6 Å². The largest absolute Gasteiger partial charge is 0.396 e. The highest BCUT2D eigenvalue weighted by molar-refractivity contribution is 5.98. The van der Waals surface area contributed by atoms with Crippen molar-refractivity contribution in [1.29, 1.82) is 5.26 Å². The topological polar surface area (TPSA) is 92.5 Å². The first-order valence-electron chi connectivity index (χ1n) is 12.8. The van der Waals surface area contributed by atoms with Crippen molar-refractivity contribution in [2.45, 2.75) is 12.8 Å². The van der Waals surface area contributed by atoms with E-state index in [2.05, 4.69) is 39.5 Å². The average Bonchev–Trinajstić information content (AvgIpc) is 2.95. The molecule has 0 atom stereocenters. The Balaban J connectivity index is 1.21. The molecule has 37 heavy (non-hydrogen) atoms. The summed E-state index contributed by atoms with van der Waals surface area (Å²) in [4.78, 5) is 21.7. The van der Waals surface area contributed by atoms with Gasteiger partial charge >= 0.3 is 0 Å². The third kappa shape index (κ3) is 5.72. The van der Waals surface area contributed by atoms with Crippen LogP contribution in [0.3, 0.4) is 0 Å². The summed E-state index contributed by atoms with van der Waals surface area (Å²) in [6.45, 7) is 4.99. The molecule has 7 nitrogen and oxygen atoms in total. The number of anilines is 1. The molecule has 0 unspecified atom stereocenters. The molecule has 1 aliphatic rings. The lowest BCUT2D eigenvalue weighted by Gasteiger charge is -2.34. The average molecular weight is 494 g/mol. The summed E-state index contributed by atoms with van der Waals surface area (Å²) in [7, 11) is 0. The summed E-state index contributed by atoms with van der Waals surface area (Å²) in [6.07, 6.45) is 3.41. The minimum Gasteiger partial charge on any atom is -0.396 e. The molecule has 0 bridgehead atoms. The number of fused-ring (bicyclic) bond motifs is 2. The lowest BCUT2D eigenvalue weighted by atomic mass is 10.0. The summed E-state index contributed by atoms with van der Waals surface area (Å²) >= 11 is 0. The number of carbonyl (C=O) groups excluding carboxylic acids is 1. The highest BCUT2D eigenvalue weighted by atomic mass is 16.3. The Hall–Kier alpha value is -3.99. The molecule has 5 rings (SSSR count). The molecule has 1 fully saturated rings. The SMILES string of the molecule is N#Cc1ccc2nccc(NCCc3ccc4cc(C(=O)N5CCN(CCCO)CC5)ccc4c3)c2c1. The van der Waals surface area contributed by atoms with Crippen molar-refractivity contribution in [3.8, 4) is 6.07 Å². The number of nitriles is 1. The Morgan fingerprint density at radius 1 is 1.00 bits per heavy atom. The molecule has 2 N–H and O–H groups in total. The molecule has 3 aromatic carbocycles. The van der Waals surface area contributed by atoms with E-state index in [1.807, 2.05) is 41.3 Å². The van der Waals surface area contributed by atoms with Gasteiger partial charge in [0.25, 0.3) is 5.91 Å². The van der Waals surface area contributed by atoms with Crippen LogP contribution < -0.4 is 5.32 Å². The number of piperazine rings is 1. The lowest BCUT2D eigenvalue weighted by Crippen LogP contribution is -2.48. The maximum absolute atomic E-state index is 13.1. The highest BCUT2D eigenvalue weighted by Crippen LogP contribution is 2.24. The number of aliphatic hydroxyl groups excluding tert-OH is 1. The summed E-state index contributed by atoms with van der Waals surface area (Å²) in [6, 6.07) is 22.0. The number of nitrogens with one attached hydrogen (secondary N) is 1. The normalized spacial score (nSPS) is 14.1. The summed E-state index contributed by atoms with van der Waals surface area (Å²) in [5.74, 6) is 0.0844. The number of hydrogen-bond donors (Lipinski definition) is 2. The van der Waals surface area contributed by atoms with Crippen LogP contribution in [0.2, 0.25) is 0 Å². The molecule has 0 spiro atoms. The molecular formula is C30H31N5O2. The number of aromatic nitrogens is 1. The first-order valence-corrected chi connectivity index (χ1v) is 12.8. The third-order valence-corrected chi connectivity index (χ3v) is 7.04. The van der Waals surface area contributed by atoms with Crippen LogP contribution in [0.4, 0.5) is 5.69 Å². The Kier molecular flexibility index (Phi) is 7.59. The van der Waals surface area contributed by atoms with E-state index < -0.39 is 0 Å². The fraction of sp³-hybridized carbons (Fsp3) is 0.300. The molecule has 1 aliphatic heterocycles. The molecule has 4 aromatic rings. The lowest BCUT2D eigenvalue weighted by molar-refractivity contribution is 0.0629. The summed E-state index contributed by atoms with van der Waals surface area (Å²) in [5, 5.41) is 24.9. The van der Waals surface area contributed by atoms with E-state index >= 15 is 0 Å². The second-order valence-electron chi connectivity index (χ2n) is 9.49. The fourth-order valence-corrected chi connectivity index (χ4v) is 4.95. The molecule has 1 amide bonds. The molecule has 1 aromatic heterocycles. The Bertz CT molecular complexity index is 1450. The number of benzene rings is 3. The smallest absolute Gasteiger partial charge is 0.253 e. The van der Waals surface area contributed by atoms with Gasteiger partial charge in [0.2, 0.25) is 0 Å². The van der Waals surface area contributed by atoms with Gasteiger partial charge < -0.3 is 15.3 Å². The summed E-state index contributed by atoms with van der Waals surface area (Å²) in [5.41, 5.74) is 4.40. The molecule has 188 valence electrons. The van der Waals surface area contributed by atoms with Crippen LogP contribution in [0.1, 0.15) is 27.9 Å². The van der Waals surface area contributed by atoms with Crippen molar-refractivity contribution in [3.05, 3.63) is 83.6 Å². The number of nitrogens with zero attached hydrogens (tertiary/aromatic N) is 4. The van der Waals surface area contributed by atoms with Crippen LogP contribution >= 0.6 is 0 Å². The Labute approximate surface area is 216 Å². The van der Waals surface area contributed by atoms with Crippen molar-refractivity contribution >= 4 is 33.3 Å². The van der Waals surface area contributed by atoms with Gasteiger partial charge in [0.1, 0.15) is 0 Å². The first-order chi connectivity index (χ1) is 18.1. The number of hydrogen-bond acceptors (Lipinski definition) is 6. The van der Waals surface area contributed by atoms with Gasteiger partial charge in [-0.15, -0.1) is 0 Å². The number of carbonyl (C=O) groups is 1. The van der Waals surface area contributed by atoms with Gasteiger partial charge in [-0.1, -0.05) is 24.3 Å².